The molecule has 2 saturated heterocycles. The summed E-state index contributed by atoms with van der Waals surface area (Å²) < 4.78 is 53.9. The number of halogens is 2. The first-order valence-corrected chi connectivity index (χ1v) is 17.4. The number of anilines is 2. The highest BCUT2D eigenvalue weighted by Gasteiger charge is 2.33. The molecule has 0 spiro atoms. The molecule has 2 aromatic carbocycles. The highest BCUT2D eigenvalue weighted by atomic mass is 19.1. The second-order valence-corrected chi connectivity index (χ2v) is 14.2. The molecule has 266 valence electrons. The van der Waals surface area contributed by atoms with Crippen molar-refractivity contribution < 1.29 is 22.7 Å². The first-order valence-electron chi connectivity index (χ1n) is 17.4. The van der Waals surface area contributed by atoms with Gasteiger partial charge < -0.3 is 42.6 Å². The summed E-state index contributed by atoms with van der Waals surface area (Å²) in [5.74, 6) is -0.612. The molecule has 4 aliphatic heterocycles. The zero-order valence-electron chi connectivity index (χ0n) is 28.9. The smallest absolute Gasteiger partial charge is 0.253 e. The summed E-state index contributed by atoms with van der Waals surface area (Å²) in [6, 6.07) is 2.16. The summed E-state index contributed by atoms with van der Waals surface area (Å²) in [5, 5.41) is 8.65. The first-order chi connectivity index (χ1) is 24.6. The second kappa shape index (κ2) is 11.8. The number of hydrogen-bond acceptors (Lipinski definition) is 11. The van der Waals surface area contributed by atoms with Crippen LogP contribution in [0.25, 0.3) is 44.7 Å². The van der Waals surface area contributed by atoms with Crippen molar-refractivity contribution >= 4 is 33.2 Å². The molecule has 3 aromatic heterocycles. The summed E-state index contributed by atoms with van der Waals surface area (Å²) >= 11 is 0. The molecular weight excluding hydrogens is 662 g/mol. The Hall–Kier alpha value is -5.02. The Kier molecular flexibility index (Phi) is 7.37. The van der Waals surface area contributed by atoms with E-state index >= 15 is 8.78 Å². The fourth-order valence-electron chi connectivity index (χ4n) is 7.82. The predicted octanol–water partition coefficient (Wildman–Crippen LogP) is 3.72. The maximum absolute atomic E-state index is 15.9. The molecule has 0 aliphatic carbocycles. The number of hydrogen-bond donors (Lipinski definition) is 0. The number of likely N-dealkylation sites (N-methyl/N-ethyl adjacent to an activating group) is 2. The van der Waals surface area contributed by atoms with Crippen LogP contribution in [0.5, 0.6) is 11.5 Å². The molecule has 0 N–H and O–H groups in total. The number of benzene rings is 2. The topological polar surface area (TPSA) is 114 Å². The van der Waals surface area contributed by atoms with E-state index in [0.717, 1.165) is 26.2 Å². The number of nitrogens with zero attached hydrogens (tertiary/aromatic N) is 8. The lowest BCUT2D eigenvalue weighted by atomic mass is 10.0. The van der Waals surface area contributed by atoms with Gasteiger partial charge in [0, 0.05) is 64.8 Å². The van der Waals surface area contributed by atoms with Gasteiger partial charge in [-0.2, -0.15) is 0 Å². The Labute approximate surface area is 291 Å². The van der Waals surface area contributed by atoms with Crippen molar-refractivity contribution in [1.82, 2.24) is 29.1 Å². The van der Waals surface area contributed by atoms with Crippen molar-refractivity contribution in [3.63, 3.8) is 0 Å². The standard InChI is InChI=1S/C36H38F2N8O5/c1-19-17-49-33-27-21(13-25(37)29(33)43-9-5-41(3)6-10-43)31(47)23(15-45(19)27)35-39-40-36(51-35)24-16-46-20(2)18-50-34-28(46)22(32(24)48)14-26(38)30(34)44-11-7-42(4)8-12-44/h13-16,19-20H,5-12,17-18H2,1-4H3/t19-,20+. The lowest BCUT2D eigenvalue weighted by molar-refractivity contribution is 0.245. The third-order valence-electron chi connectivity index (χ3n) is 10.8. The summed E-state index contributed by atoms with van der Waals surface area (Å²) in [6.45, 7) is 10.1. The van der Waals surface area contributed by atoms with Gasteiger partial charge >= 0.3 is 0 Å². The fourth-order valence-corrected chi connectivity index (χ4v) is 7.82. The van der Waals surface area contributed by atoms with Crippen LogP contribution >= 0.6 is 0 Å². The van der Waals surface area contributed by atoms with Gasteiger partial charge in [-0.05, 0) is 40.1 Å². The van der Waals surface area contributed by atoms with Crippen LogP contribution in [0.4, 0.5) is 20.2 Å². The van der Waals surface area contributed by atoms with Crippen LogP contribution in [0.2, 0.25) is 0 Å². The van der Waals surface area contributed by atoms with Gasteiger partial charge in [0.15, 0.2) is 23.1 Å². The third-order valence-corrected chi connectivity index (χ3v) is 10.8. The van der Waals surface area contributed by atoms with Gasteiger partial charge in [-0.3, -0.25) is 9.59 Å². The second-order valence-electron chi connectivity index (χ2n) is 14.2. The molecule has 9 rings (SSSR count). The lowest BCUT2D eigenvalue weighted by Gasteiger charge is -2.37. The van der Waals surface area contributed by atoms with Gasteiger partial charge in [0.1, 0.15) is 35.7 Å². The largest absolute Gasteiger partial charge is 0.487 e. The third kappa shape index (κ3) is 4.92. The quantitative estimate of drug-likeness (QED) is 0.274. The monoisotopic (exact) mass is 700 g/mol. The molecule has 0 radical (unpaired) electrons. The summed E-state index contributed by atoms with van der Waals surface area (Å²) in [7, 11) is 4.06. The van der Waals surface area contributed by atoms with E-state index in [9.17, 15) is 9.59 Å². The molecule has 7 heterocycles. The average molecular weight is 701 g/mol. The van der Waals surface area contributed by atoms with E-state index in [1.54, 1.807) is 12.4 Å². The summed E-state index contributed by atoms with van der Waals surface area (Å²) in [4.78, 5) is 36.4. The van der Waals surface area contributed by atoms with E-state index in [0.29, 0.717) is 60.1 Å². The van der Waals surface area contributed by atoms with Crippen LogP contribution in [0.3, 0.4) is 0 Å². The molecular formula is C36H38F2N8O5. The summed E-state index contributed by atoms with van der Waals surface area (Å²) in [6.07, 6.45) is 3.28. The van der Waals surface area contributed by atoms with E-state index < -0.39 is 22.5 Å². The molecule has 0 unspecified atom stereocenters. The molecule has 0 bridgehead atoms. The van der Waals surface area contributed by atoms with Gasteiger partial charge in [0.2, 0.25) is 10.9 Å². The Morgan fingerprint density at radius 2 is 1.04 bits per heavy atom. The highest BCUT2D eigenvalue weighted by Crippen LogP contribution is 2.44. The van der Waals surface area contributed by atoms with Gasteiger partial charge in [-0.1, -0.05) is 0 Å². The van der Waals surface area contributed by atoms with Gasteiger partial charge in [-0.15, -0.1) is 10.2 Å². The molecule has 0 amide bonds. The van der Waals surface area contributed by atoms with E-state index in [4.69, 9.17) is 13.9 Å². The number of ether oxygens (including phenoxy) is 2. The molecule has 13 nitrogen and oxygen atoms in total. The van der Waals surface area contributed by atoms with Crippen LogP contribution in [0.15, 0.2) is 38.5 Å². The Morgan fingerprint density at radius 1 is 0.647 bits per heavy atom. The van der Waals surface area contributed by atoms with Crippen molar-refractivity contribution in [2.75, 3.05) is 89.5 Å². The molecule has 2 atom stereocenters. The minimum Gasteiger partial charge on any atom is -0.487 e. The minimum atomic E-state index is -0.540. The normalized spacial score (nSPS) is 21.0. The molecule has 51 heavy (non-hydrogen) atoms. The van der Waals surface area contributed by atoms with Crippen LogP contribution in [0.1, 0.15) is 25.9 Å². The summed E-state index contributed by atoms with van der Waals surface area (Å²) in [5.41, 5.74) is 0.877. The average Bonchev–Trinajstić information content (AvgIpc) is 3.60. The molecule has 0 saturated carbocycles. The van der Waals surface area contributed by atoms with E-state index in [-0.39, 0.29) is 59.0 Å². The molecule has 4 aliphatic rings. The van der Waals surface area contributed by atoms with Crippen molar-refractivity contribution in [1.29, 1.82) is 0 Å². The molecule has 2 fully saturated rings. The minimum absolute atomic E-state index is 0.0712. The van der Waals surface area contributed by atoms with Gasteiger partial charge in [0.05, 0.1) is 33.9 Å². The van der Waals surface area contributed by atoms with E-state index in [1.807, 2.05) is 46.9 Å². The van der Waals surface area contributed by atoms with E-state index in [1.165, 1.54) is 12.1 Å². The van der Waals surface area contributed by atoms with Gasteiger partial charge in [-0.25, -0.2) is 8.78 Å². The lowest BCUT2D eigenvalue weighted by Crippen LogP contribution is -2.45. The fraction of sp³-hybridized carbons (Fsp3) is 0.444. The number of aromatic nitrogens is 4. The number of rotatable bonds is 4. The van der Waals surface area contributed by atoms with Crippen LogP contribution < -0.4 is 30.1 Å². The van der Waals surface area contributed by atoms with Crippen LogP contribution in [-0.4, -0.2) is 109 Å². The highest BCUT2D eigenvalue weighted by molar-refractivity contribution is 5.95. The zero-order chi connectivity index (χ0) is 35.3. The number of piperazine rings is 2. The van der Waals surface area contributed by atoms with E-state index in [2.05, 4.69) is 20.0 Å². The maximum atomic E-state index is 15.9. The Bertz CT molecular complexity index is 2200. The zero-order valence-corrected chi connectivity index (χ0v) is 28.9. The van der Waals surface area contributed by atoms with Crippen LogP contribution in [-0.2, 0) is 0 Å². The maximum Gasteiger partial charge on any atom is 0.253 e. The van der Waals surface area contributed by atoms with Crippen molar-refractivity contribution in [2.24, 2.45) is 0 Å². The molecule has 15 heteroatoms. The molecule has 5 aromatic rings. The van der Waals surface area contributed by atoms with Crippen molar-refractivity contribution in [2.45, 2.75) is 25.9 Å². The van der Waals surface area contributed by atoms with Crippen molar-refractivity contribution in [3.05, 3.63) is 56.6 Å². The number of pyridine rings is 2. The van der Waals surface area contributed by atoms with Crippen LogP contribution in [0, 0.1) is 11.6 Å². The Balaban J connectivity index is 1.15. The Morgan fingerprint density at radius 3 is 1.43 bits per heavy atom. The predicted molar refractivity (Wildman–Crippen MR) is 188 cm³/mol. The van der Waals surface area contributed by atoms with Gasteiger partial charge in [0.25, 0.3) is 11.8 Å². The van der Waals surface area contributed by atoms with Crippen molar-refractivity contribution in [3.8, 4) is 34.4 Å². The SMILES string of the molecule is C[C@@H]1COc2c(N3CCN(C)CC3)c(F)cc3c(=O)c(-c4nnc(-c5cn6c7c(c(N8CCN(C)CC8)c(F)cc7c5=O)OC[C@@H]6C)o4)cn1c23. The first kappa shape index (κ1) is 31.9.